The Kier molecular flexibility index (Phi) is 8.15. The molecule has 0 saturated carbocycles. The Bertz CT molecular complexity index is 831. The number of halogens is 4. The quantitative estimate of drug-likeness (QED) is 0.467. The van der Waals surface area contributed by atoms with Crippen LogP contribution in [0.2, 0.25) is 10.0 Å². The topological polar surface area (TPSA) is 58.2 Å². The van der Waals surface area contributed by atoms with Crippen LogP contribution >= 0.6 is 69.9 Å². The molecule has 0 radical (unpaired) electrons. The summed E-state index contributed by atoms with van der Waals surface area (Å²) in [5.74, 6) is -0.712. The minimum Gasteiger partial charge on any atom is -0.352 e. The molecule has 0 unspecified atom stereocenters. The highest BCUT2D eigenvalue weighted by Gasteiger charge is 2.58. The summed E-state index contributed by atoms with van der Waals surface area (Å²) in [7, 11) is 0. The number of carbonyl (C=O) groups excluding carboxylic acids is 2. The van der Waals surface area contributed by atoms with Crippen LogP contribution < -0.4 is 10.6 Å². The predicted octanol–water partition coefficient (Wildman–Crippen LogP) is 5.19. The van der Waals surface area contributed by atoms with Crippen molar-refractivity contribution in [1.29, 1.82) is 0 Å². The zero-order valence-corrected chi connectivity index (χ0v) is 20.2. The summed E-state index contributed by atoms with van der Waals surface area (Å²) in [4.78, 5) is 23.7. The Morgan fingerprint density at radius 1 is 0.700 bits per heavy atom. The van der Waals surface area contributed by atoms with Gasteiger partial charge in [0.05, 0.1) is 0 Å². The molecule has 10 heteroatoms. The van der Waals surface area contributed by atoms with E-state index in [-0.39, 0.29) is 23.6 Å². The first-order chi connectivity index (χ1) is 14.3. The van der Waals surface area contributed by atoms with Gasteiger partial charge < -0.3 is 10.6 Å². The maximum Gasteiger partial charge on any atom is 0.235 e. The van der Waals surface area contributed by atoms with E-state index in [0.717, 1.165) is 11.1 Å². The summed E-state index contributed by atoms with van der Waals surface area (Å²) in [5, 5.41) is 7.04. The Balaban J connectivity index is 1.93. The van der Waals surface area contributed by atoms with Gasteiger partial charge in [0.1, 0.15) is 19.9 Å². The molecule has 0 aliphatic carbocycles. The van der Waals surface area contributed by atoms with Gasteiger partial charge in [0, 0.05) is 23.1 Å². The van der Waals surface area contributed by atoms with Crippen molar-refractivity contribution >= 4 is 81.7 Å². The van der Waals surface area contributed by atoms with E-state index in [4.69, 9.17) is 46.4 Å². The molecule has 1 saturated heterocycles. The number of benzene rings is 2. The van der Waals surface area contributed by atoms with Gasteiger partial charge in [0.15, 0.2) is 0 Å². The summed E-state index contributed by atoms with van der Waals surface area (Å²) in [6.45, 7) is 0.739. The van der Waals surface area contributed by atoms with E-state index in [1.807, 2.05) is 48.5 Å². The summed E-state index contributed by atoms with van der Waals surface area (Å²) in [6.07, 6.45) is 0. The molecule has 1 fully saturated rings. The van der Waals surface area contributed by atoms with Crippen LogP contribution in [0, 0.1) is 0 Å². The number of hydrogen-bond donors (Lipinski definition) is 2. The summed E-state index contributed by atoms with van der Waals surface area (Å²) in [5.41, 5.74) is 2.01. The predicted molar refractivity (Wildman–Crippen MR) is 129 cm³/mol. The number of rotatable bonds is 8. The first-order valence-corrected chi connectivity index (χ1v) is 12.4. The zero-order chi connectivity index (χ0) is 21.8. The summed E-state index contributed by atoms with van der Waals surface area (Å²) in [6, 6.07) is 15.1. The largest absolute Gasteiger partial charge is 0.352 e. The molecule has 30 heavy (non-hydrogen) atoms. The third-order valence-corrected chi connectivity index (χ3v) is 9.34. The monoisotopic (exact) mass is 522 g/mol. The number of alkyl halides is 2. The average Bonchev–Trinajstić information content (AvgIpc) is 2.73. The molecular weight excluding hydrogens is 506 g/mol. The Labute approximate surface area is 203 Å². The van der Waals surface area contributed by atoms with Gasteiger partial charge >= 0.3 is 0 Å². The Hall–Kier alpha value is -0.760. The van der Waals surface area contributed by atoms with Gasteiger partial charge in [0.2, 0.25) is 11.8 Å². The second-order valence-corrected chi connectivity index (χ2v) is 11.7. The van der Waals surface area contributed by atoms with Crippen LogP contribution in [0.25, 0.3) is 0 Å². The smallest absolute Gasteiger partial charge is 0.235 e. The molecule has 4 nitrogen and oxygen atoms in total. The van der Waals surface area contributed by atoms with Crippen LogP contribution in [-0.4, -0.2) is 36.7 Å². The molecule has 3 rings (SSSR count). The molecule has 1 aliphatic heterocycles. The SMILES string of the molecule is O=C(CCl)NCC1(c2ccc(Cl)cc2)SC(CNC(=O)CCl)(c2ccc(Cl)cc2)S1. The van der Waals surface area contributed by atoms with Crippen molar-refractivity contribution in [3.05, 3.63) is 69.7 Å². The number of amides is 2. The number of hydrogen-bond acceptors (Lipinski definition) is 4. The van der Waals surface area contributed by atoms with Crippen molar-refractivity contribution in [2.75, 3.05) is 24.8 Å². The van der Waals surface area contributed by atoms with E-state index >= 15 is 0 Å². The van der Waals surface area contributed by atoms with Crippen LogP contribution in [-0.2, 0) is 17.7 Å². The van der Waals surface area contributed by atoms with Gasteiger partial charge in [-0.1, -0.05) is 47.5 Å². The average molecular weight is 524 g/mol. The van der Waals surface area contributed by atoms with Crippen LogP contribution in [0.1, 0.15) is 11.1 Å². The minimum absolute atomic E-state index is 0.111. The van der Waals surface area contributed by atoms with Crippen molar-refractivity contribution in [3.63, 3.8) is 0 Å². The highest BCUT2D eigenvalue weighted by atomic mass is 35.5. The van der Waals surface area contributed by atoms with Crippen LogP contribution in [0.15, 0.2) is 48.5 Å². The maximum atomic E-state index is 11.8. The van der Waals surface area contributed by atoms with Crippen molar-refractivity contribution in [2.45, 2.75) is 8.16 Å². The lowest BCUT2D eigenvalue weighted by molar-refractivity contribution is -0.119. The number of carbonyl (C=O) groups is 2. The molecule has 0 atom stereocenters. The fourth-order valence-electron chi connectivity index (χ4n) is 3.06. The molecule has 0 aromatic heterocycles. The molecule has 2 amide bonds. The van der Waals surface area contributed by atoms with E-state index in [2.05, 4.69) is 10.6 Å². The first-order valence-electron chi connectivity index (χ1n) is 8.90. The lowest BCUT2D eigenvalue weighted by atomic mass is 10.1. The fraction of sp³-hybridized carbons (Fsp3) is 0.300. The molecule has 0 bridgehead atoms. The first kappa shape index (κ1) is 23.9. The van der Waals surface area contributed by atoms with Crippen molar-refractivity contribution in [3.8, 4) is 0 Å². The van der Waals surface area contributed by atoms with Crippen LogP contribution in [0.5, 0.6) is 0 Å². The highest BCUT2D eigenvalue weighted by molar-refractivity contribution is 8.34. The van der Waals surface area contributed by atoms with E-state index in [1.54, 1.807) is 23.5 Å². The van der Waals surface area contributed by atoms with Gasteiger partial charge in [0.25, 0.3) is 0 Å². The fourth-order valence-corrected chi connectivity index (χ4v) is 7.63. The van der Waals surface area contributed by atoms with Gasteiger partial charge in [-0.2, -0.15) is 0 Å². The lowest BCUT2D eigenvalue weighted by Gasteiger charge is -2.55. The standard InChI is InChI=1S/C20H18Cl4N2O2S2/c21-9-17(27)25-11-19(13-1-5-15(23)6-2-13)29-20(30-19,12-26-18(28)10-22)14-3-7-16(24)8-4-14/h1-8H,9-12H2,(H,25,27)(H,26,28). The van der Waals surface area contributed by atoms with Gasteiger partial charge in [-0.15, -0.1) is 46.7 Å². The Morgan fingerprint density at radius 2 is 1.03 bits per heavy atom. The minimum atomic E-state index is -0.475. The molecule has 2 N–H and O–H groups in total. The highest BCUT2D eigenvalue weighted by Crippen LogP contribution is 2.73. The second-order valence-electron chi connectivity index (χ2n) is 6.54. The Morgan fingerprint density at radius 3 is 1.33 bits per heavy atom. The normalized spacial score (nSPS) is 22.8. The van der Waals surface area contributed by atoms with E-state index < -0.39 is 8.16 Å². The molecule has 2 aromatic rings. The van der Waals surface area contributed by atoms with Gasteiger partial charge in [-0.05, 0) is 35.4 Å². The molecule has 160 valence electrons. The number of nitrogens with one attached hydrogen (secondary N) is 2. The van der Waals surface area contributed by atoms with Crippen LogP contribution in [0.4, 0.5) is 0 Å². The van der Waals surface area contributed by atoms with Gasteiger partial charge in [-0.3, -0.25) is 9.59 Å². The van der Waals surface area contributed by atoms with Crippen LogP contribution in [0.3, 0.4) is 0 Å². The molecule has 1 heterocycles. The van der Waals surface area contributed by atoms with E-state index in [9.17, 15) is 9.59 Å². The van der Waals surface area contributed by atoms with Crippen molar-refractivity contribution < 1.29 is 9.59 Å². The molecule has 0 spiro atoms. The zero-order valence-electron chi connectivity index (χ0n) is 15.6. The van der Waals surface area contributed by atoms with Crippen molar-refractivity contribution in [1.82, 2.24) is 10.6 Å². The molecule has 1 aliphatic rings. The second kappa shape index (κ2) is 10.2. The van der Waals surface area contributed by atoms with Crippen molar-refractivity contribution in [2.24, 2.45) is 0 Å². The van der Waals surface area contributed by atoms with Gasteiger partial charge in [-0.25, -0.2) is 0 Å². The molecule has 2 aromatic carbocycles. The number of thioether (sulfide) groups is 2. The van der Waals surface area contributed by atoms with E-state index in [1.165, 1.54) is 0 Å². The maximum absolute atomic E-state index is 11.8. The third-order valence-electron chi connectivity index (χ3n) is 4.51. The third kappa shape index (κ3) is 5.34. The lowest BCUT2D eigenvalue weighted by Crippen LogP contribution is -2.52. The molecular formula is C20H18Cl4N2O2S2. The summed E-state index contributed by atoms with van der Waals surface area (Å²) >= 11 is 26.8. The summed E-state index contributed by atoms with van der Waals surface area (Å²) < 4.78 is -0.949. The van der Waals surface area contributed by atoms with E-state index in [0.29, 0.717) is 23.1 Å².